The van der Waals surface area contributed by atoms with Gasteiger partial charge in [0.25, 0.3) is 0 Å². The van der Waals surface area contributed by atoms with Gasteiger partial charge in [-0.15, -0.1) is 0 Å². The second-order valence-electron chi connectivity index (χ2n) is 6.87. The van der Waals surface area contributed by atoms with Crippen molar-refractivity contribution in [2.24, 2.45) is 5.92 Å². The third-order valence-corrected chi connectivity index (χ3v) is 5.54. The number of pyridine rings is 1. The van der Waals surface area contributed by atoms with Crippen molar-refractivity contribution in [2.75, 3.05) is 13.6 Å². The maximum atomic E-state index is 11.0. The van der Waals surface area contributed by atoms with Gasteiger partial charge < -0.3 is 9.59 Å². The van der Waals surface area contributed by atoms with Gasteiger partial charge in [-0.05, 0) is 24.1 Å². The van der Waals surface area contributed by atoms with E-state index in [4.69, 9.17) is 0 Å². The van der Waals surface area contributed by atoms with Crippen molar-refractivity contribution in [3.8, 4) is 0 Å². The van der Waals surface area contributed by atoms with Gasteiger partial charge in [0, 0.05) is 17.6 Å². The number of hydrogen-bond donors (Lipinski definition) is 1. The Morgan fingerprint density at radius 3 is 2.67 bits per heavy atom. The summed E-state index contributed by atoms with van der Waals surface area (Å²) < 4.78 is 1.00. The Morgan fingerprint density at radius 1 is 1.25 bits per heavy atom. The van der Waals surface area contributed by atoms with Gasteiger partial charge in [0.05, 0.1) is 19.1 Å². The zero-order chi connectivity index (χ0) is 16.6. The summed E-state index contributed by atoms with van der Waals surface area (Å²) in [6, 6.07) is 10.9. The monoisotopic (exact) mass is 397 g/mol. The number of fused-ring (bicyclic) bond motifs is 2. The molecule has 1 N–H and O–H groups in total. The van der Waals surface area contributed by atoms with Crippen LogP contribution in [0.5, 0.6) is 0 Å². The zero-order valence-electron chi connectivity index (χ0n) is 15.6. The fraction of sp³-hybridized carbons (Fsp3) is 0.500. The van der Waals surface area contributed by atoms with Crippen molar-refractivity contribution in [1.82, 2.24) is 4.98 Å². The van der Waals surface area contributed by atoms with Crippen molar-refractivity contribution in [1.29, 1.82) is 0 Å². The third kappa shape index (κ3) is 3.58. The number of nitrogens with zero attached hydrogens (tertiary/aromatic N) is 2. The molecule has 1 aromatic heterocycles. The molecule has 0 aliphatic carbocycles. The molecular weight excluding hydrogens is 370 g/mol. The average Bonchev–Trinajstić information content (AvgIpc) is 3.20. The Kier molecular flexibility index (Phi) is 7.20. The van der Waals surface area contributed by atoms with E-state index in [1.165, 1.54) is 13.0 Å². The number of quaternary nitrogens is 1. The summed E-state index contributed by atoms with van der Waals surface area (Å²) in [5, 5.41) is 12.1. The zero-order valence-corrected chi connectivity index (χ0v) is 20.5. The van der Waals surface area contributed by atoms with Crippen LogP contribution < -0.4 is 58.2 Å². The first-order valence-corrected chi connectivity index (χ1v) is 8.83. The Balaban J connectivity index is 0.000000670. The normalized spacial score (nSPS) is 32.0. The summed E-state index contributed by atoms with van der Waals surface area (Å²) in [5.74, 6) is 0.674. The van der Waals surface area contributed by atoms with Crippen LogP contribution in [0.1, 0.15) is 38.9 Å². The number of para-hydroxylation sites is 1. The van der Waals surface area contributed by atoms with Crippen LogP contribution in [0.15, 0.2) is 36.5 Å². The van der Waals surface area contributed by atoms with Crippen molar-refractivity contribution in [3.63, 3.8) is 0 Å². The van der Waals surface area contributed by atoms with E-state index in [-0.39, 0.29) is 58.2 Å². The Hall–Kier alpha value is 0.355. The molecule has 2 aromatic rings. The van der Waals surface area contributed by atoms with E-state index in [9.17, 15) is 5.11 Å². The Labute approximate surface area is 194 Å². The van der Waals surface area contributed by atoms with Crippen LogP contribution in [0, 0.1) is 12.3 Å². The van der Waals surface area contributed by atoms with Gasteiger partial charge in [-0.1, -0.05) is 39.0 Å². The summed E-state index contributed by atoms with van der Waals surface area (Å²) in [6.45, 7) is 7.46. The van der Waals surface area contributed by atoms with Crippen LogP contribution in [0.3, 0.4) is 0 Å². The first-order valence-electron chi connectivity index (χ1n) is 8.83. The third-order valence-electron chi connectivity index (χ3n) is 5.54. The van der Waals surface area contributed by atoms with Gasteiger partial charge >= 0.3 is 58.2 Å². The van der Waals surface area contributed by atoms with Crippen LogP contribution in [0.25, 0.3) is 10.9 Å². The molecule has 24 heavy (non-hydrogen) atoms. The van der Waals surface area contributed by atoms with Gasteiger partial charge in [-0.2, -0.15) is 5.92 Å². The number of likely N-dealkylation sites (N-methyl/N-ethyl adjacent to an activating group) is 1. The van der Waals surface area contributed by atoms with Crippen LogP contribution in [0.2, 0.25) is 0 Å². The van der Waals surface area contributed by atoms with Crippen LogP contribution in [0.4, 0.5) is 0 Å². The van der Waals surface area contributed by atoms with E-state index in [0.717, 1.165) is 20.9 Å². The van der Waals surface area contributed by atoms with Crippen molar-refractivity contribution in [3.05, 3.63) is 48.5 Å². The molecule has 2 aliphatic heterocycles. The first kappa shape index (κ1) is 20.7. The van der Waals surface area contributed by atoms with E-state index >= 15 is 0 Å². The fourth-order valence-corrected chi connectivity index (χ4v) is 4.15. The second kappa shape index (κ2) is 8.36. The molecule has 0 bridgehead atoms. The van der Waals surface area contributed by atoms with E-state index in [0.29, 0.717) is 18.0 Å². The summed E-state index contributed by atoms with van der Waals surface area (Å²) in [4.78, 5) is 4.40. The number of piperidine rings is 1. The summed E-state index contributed by atoms with van der Waals surface area (Å²) in [6.07, 6.45) is 5.08. The largest absolute Gasteiger partial charge is 1.00 e. The minimum atomic E-state index is -0.408. The molecule has 5 atom stereocenters. The number of benzene rings is 1. The van der Waals surface area contributed by atoms with E-state index in [1.54, 1.807) is 0 Å². The van der Waals surface area contributed by atoms with Crippen LogP contribution in [-0.4, -0.2) is 40.2 Å². The van der Waals surface area contributed by atoms with Crippen molar-refractivity contribution >= 4 is 10.9 Å². The Morgan fingerprint density at radius 2 is 1.96 bits per heavy atom. The predicted molar refractivity (Wildman–Crippen MR) is 94.8 cm³/mol. The molecule has 2 saturated heterocycles. The number of rotatable bonds is 2. The maximum Gasteiger partial charge on any atom is 1.00 e. The molecule has 0 saturated carbocycles. The van der Waals surface area contributed by atoms with Crippen molar-refractivity contribution < 1.29 is 67.8 Å². The van der Waals surface area contributed by atoms with E-state index in [1.807, 2.05) is 44.3 Å². The number of aliphatic hydroxyl groups is 1. The summed E-state index contributed by atoms with van der Waals surface area (Å²) in [7, 11) is 2.28. The molecule has 3 unspecified atom stereocenters. The summed E-state index contributed by atoms with van der Waals surface area (Å²) >= 11 is 0. The molecule has 3 nitrogen and oxygen atoms in total. The topological polar surface area (TPSA) is 33.1 Å². The first-order chi connectivity index (χ1) is 11.1. The van der Waals surface area contributed by atoms with Gasteiger partial charge in [-0.25, -0.2) is 0 Å². The molecule has 4 heteroatoms. The standard InChI is InChI=1S/C18H22N2O.C2H6.Rb/c1-12-8-10-20(2)16(11-12)17(20)18(21)14-7-9-19-15-6-4-3-5-13(14)15;1-2;/h3-7,9,11-12,16-18,21H,8,10H2,1-2H3;1-2H3;/q;;+1/t12?,16-,17?,18-,20?;;/m0../s1. The molecule has 0 spiro atoms. The molecule has 124 valence electrons. The molecule has 4 rings (SSSR count). The van der Waals surface area contributed by atoms with Gasteiger partial charge in [0.2, 0.25) is 0 Å². The number of aliphatic hydroxyl groups excluding tert-OH is 1. The van der Waals surface area contributed by atoms with Crippen molar-refractivity contribution in [2.45, 2.75) is 45.4 Å². The molecule has 0 amide bonds. The van der Waals surface area contributed by atoms with Gasteiger partial charge in [0.1, 0.15) is 12.1 Å². The SMILES string of the molecule is CC.CC1[CH-][C@H]2C([C@@H](O)c3ccnc4ccccc34)[N+]2(C)CC1.[Rb+]. The van der Waals surface area contributed by atoms with Gasteiger partial charge in [0.15, 0.2) is 0 Å². The second-order valence-corrected chi connectivity index (χ2v) is 6.87. The average molecular weight is 398 g/mol. The molecule has 3 heterocycles. The quantitative estimate of drug-likeness (QED) is 0.460. The molecule has 2 aliphatic rings. The Bertz CT molecular complexity index is 687. The summed E-state index contributed by atoms with van der Waals surface area (Å²) in [5.41, 5.74) is 1.99. The van der Waals surface area contributed by atoms with E-state index < -0.39 is 6.10 Å². The molecule has 0 radical (unpaired) electrons. The number of hydrogen-bond acceptors (Lipinski definition) is 2. The van der Waals surface area contributed by atoms with Gasteiger partial charge in [-0.3, -0.25) is 11.4 Å². The van der Waals surface area contributed by atoms with E-state index in [2.05, 4.69) is 31.4 Å². The molecule has 2 fully saturated rings. The maximum absolute atomic E-state index is 11.0. The van der Waals surface area contributed by atoms with Crippen LogP contribution in [-0.2, 0) is 0 Å². The molecule has 1 aromatic carbocycles. The minimum Gasteiger partial charge on any atom is -0.382 e. The number of aromatic nitrogens is 1. The predicted octanol–water partition coefficient (Wildman–Crippen LogP) is 0.740. The van der Waals surface area contributed by atoms with Crippen LogP contribution >= 0.6 is 0 Å². The minimum absolute atomic E-state index is 0. The fourth-order valence-electron chi connectivity index (χ4n) is 4.15. The molecular formula is C20H28N2ORb+. The smallest absolute Gasteiger partial charge is 0.382 e.